The Morgan fingerprint density at radius 1 is 1.40 bits per heavy atom. The maximum absolute atomic E-state index is 11.0. The number of ether oxygens (including phenoxy) is 1. The minimum Gasteiger partial charge on any atom is -0.376 e. The molecule has 1 aliphatic heterocycles. The van der Waals surface area contributed by atoms with Crippen LogP contribution in [0.4, 0.5) is 5.69 Å². The van der Waals surface area contributed by atoms with Crippen LogP contribution in [0.3, 0.4) is 0 Å². The van der Waals surface area contributed by atoms with Crippen LogP contribution in [-0.2, 0) is 11.2 Å². The van der Waals surface area contributed by atoms with Crippen LogP contribution in [0.5, 0.6) is 0 Å². The summed E-state index contributed by atoms with van der Waals surface area (Å²) in [6.07, 6.45) is 4.79. The van der Waals surface area contributed by atoms with Crippen LogP contribution in [-0.4, -0.2) is 23.2 Å². The van der Waals surface area contributed by atoms with E-state index < -0.39 is 0 Å². The summed E-state index contributed by atoms with van der Waals surface area (Å²) in [6, 6.07) is 6.92. The third-order valence-corrected chi connectivity index (χ3v) is 4.53. The third kappa shape index (κ3) is 2.55. The quantitative estimate of drug-likeness (QED) is 0.661. The molecule has 1 aromatic rings. The predicted molar refractivity (Wildman–Crippen MR) is 75.4 cm³/mol. The van der Waals surface area contributed by atoms with Crippen molar-refractivity contribution in [2.45, 2.75) is 43.7 Å². The molecular weight excluding hydrogens is 256 g/mol. The van der Waals surface area contributed by atoms with E-state index in [1.165, 1.54) is 12.8 Å². The minimum atomic E-state index is -0.317. The van der Waals surface area contributed by atoms with Gasteiger partial charge in [0, 0.05) is 23.8 Å². The summed E-state index contributed by atoms with van der Waals surface area (Å²) in [5.74, 6) is 0.605. The Morgan fingerprint density at radius 3 is 2.85 bits per heavy atom. The molecule has 108 valence electrons. The van der Waals surface area contributed by atoms with Crippen molar-refractivity contribution in [2.75, 3.05) is 6.61 Å². The lowest BCUT2D eigenvalue weighted by atomic mass is 9.83. The highest BCUT2D eigenvalue weighted by molar-refractivity contribution is 5.40. The lowest BCUT2D eigenvalue weighted by molar-refractivity contribution is -0.385. The number of hydrogen-bond acceptors (Lipinski definition) is 4. The molecule has 0 radical (unpaired) electrons. The molecule has 2 N–H and O–H groups in total. The monoisotopic (exact) mass is 276 g/mol. The second-order valence-corrected chi connectivity index (χ2v) is 6.00. The average Bonchev–Trinajstić information content (AvgIpc) is 3.20. The average molecular weight is 276 g/mol. The van der Waals surface area contributed by atoms with Crippen LogP contribution in [0.2, 0.25) is 0 Å². The van der Waals surface area contributed by atoms with Gasteiger partial charge in [-0.1, -0.05) is 18.2 Å². The molecule has 3 rings (SSSR count). The van der Waals surface area contributed by atoms with Crippen molar-refractivity contribution < 1.29 is 9.66 Å². The fraction of sp³-hybridized carbons (Fsp3) is 0.600. The zero-order valence-corrected chi connectivity index (χ0v) is 11.5. The smallest absolute Gasteiger partial charge is 0.272 e. The van der Waals surface area contributed by atoms with Crippen LogP contribution in [0.15, 0.2) is 24.3 Å². The molecule has 5 nitrogen and oxygen atoms in total. The normalized spacial score (nSPS) is 29.6. The van der Waals surface area contributed by atoms with Gasteiger partial charge < -0.3 is 10.5 Å². The van der Waals surface area contributed by atoms with Gasteiger partial charge in [0.1, 0.15) is 0 Å². The molecular formula is C15H20N2O3. The van der Waals surface area contributed by atoms with Gasteiger partial charge in [0.05, 0.1) is 11.0 Å². The first-order chi connectivity index (χ1) is 9.60. The largest absolute Gasteiger partial charge is 0.376 e. The maximum Gasteiger partial charge on any atom is 0.272 e. The van der Waals surface area contributed by atoms with Crippen molar-refractivity contribution in [3.05, 3.63) is 39.9 Å². The van der Waals surface area contributed by atoms with Gasteiger partial charge in [-0.25, -0.2) is 0 Å². The highest BCUT2D eigenvalue weighted by atomic mass is 16.6. The fourth-order valence-corrected chi connectivity index (χ4v) is 3.22. The predicted octanol–water partition coefficient (Wildman–Crippen LogP) is 2.42. The summed E-state index contributed by atoms with van der Waals surface area (Å²) in [7, 11) is 0. The Hall–Kier alpha value is -1.46. The van der Waals surface area contributed by atoms with Crippen molar-refractivity contribution in [3.63, 3.8) is 0 Å². The number of nitrogens with zero attached hydrogens (tertiary/aromatic N) is 1. The molecule has 2 atom stereocenters. The number of nitro benzene ring substituents is 1. The topological polar surface area (TPSA) is 78.4 Å². The van der Waals surface area contributed by atoms with Crippen molar-refractivity contribution in [1.29, 1.82) is 0 Å². The second-order valence-electron chi connectivity index (χ2n) is 6.00. The zero-order valence-electron chi connectivity index (χ0n) is 11.5. The Morgan fingerprint density at radius 2 is 2.15 bits per heavy atom. The van der Waals surface area contributed by atoms with Gasteiger partial charge in [0.25, 0.3) is 5.69 Å². The summed E-state index contributed by atoms with van der Waals surface area (Å²) in [4.78, 5) is 10.7. The van der Waals surface area contributed by atoms with Crippen molar-refractivity contribution in [2.24, 2.45) is 11.7 Å². The molecule has 20 heavy (non-hydrogen) atoms. The molecule has 2 aliphatic rings. The molecule has 1 aliphatic carbocycles. The standard InChI is InChI=1S/C15H20N2O3/c16-15(9-10-20-14(15)12-5-6-12)8-7-11-3-1-2-4-13(11)17(18)19/h1-4,12,14H,5-10,16H2. The summed E-state index contributed by atoms with van der Waals surface area (Å²) in [5, 5.41) is 11.0. The second kappa shape index (κ2) is 5.14. The van der Waals surface area contributed by atoms with Crippen molar-refractivity contribution in [1.82, 2.24) is 0 Å². The SMILES string of the molecule is NC1(CCc2ccccc2[N+](=O)[O-])CCOC1C1CC1. The first kappa shape index (κ1) is 13.5. The molecule has 1 saturated heterocycles. The first-order valence-corrected chi connectivity index (χ1v) is 7.23. The Balaban J connectivity index is 1.71. The molecule has 1 aromatic carbocycles. The van der Waals surface area contributed by atoms with Gasteiger partial charge in [0.2, 0.25) is 0 Å². The molecule has 0 bridgehead atoms. The molecule has 0 aromatic heterocycles. The van der Waals surface area contributed by atoms with E-state index in [9.17, 15) is 10.1 Å². The molecule has 2 unspecified atom stereocenters. The van der Waals surface area contributed by atoms with E-state index in [0.29, 0.717) is 18.9 Å². The number of benzene rings is 1. The van der Waals surface area contributed by atoms with Crippen molar-refractivity contribution in [3.8, 4) is 0 Å². The van der Waals surface area contributed by atoms with E-state index in [1.54, 1.807) is 12.1 Å². The molecule has 0 spiro atoms. The molecule has 1 saturated carbocycles. The maximum atomic E-state index is 11.0. The van der Waals surface area contributed by atoms with Gasteiger partial charge in [0.15, 0.2) is 0 Å². The van der Waals surface area contributed by atoms with Crippen LogP contribution in [0, 0.1) is 16.0 Å². The molecule has 5 heteroatoms. The van der Waals surface area contributed by atoms with Gasteiger partial charge in [-0.15, -0.1) is 0 Å². The summed E-state index contributed by atoms with van der Waals surface area (Å²) >= 11 is 0. The number of nitrogens with two attached hydrogens (primary N) is 1. The Kier molecular flexibility index (Phi) is 3.48. The van der Waals surface area contributed by atoms with E-state index in [4.69, 9.17) is 10.5 Å². The highest BCUT2D eigenvalue weighted by Crippen LogP contribution is 2.44. The van der Waals surface area contributed by atoms with Crippen LogP contribution >= 0.6 is 0 Å². The first-order valence-electron chi connectivity index (χ1n) is 7.23. The number of aryl methyl sites for hydroxylation is 1. The van der Waals surface area contributed by atoms with Gasteiger partial charge >= 0.3 is 0 Å². The van der Waals surface area contributed by atoms with Gasteiger partial charge in [-0.05, 0) is 38.0 Å². The fourth-order valence-electron chi connectivity index (χ4n) is 3.22. The number of rotatable bonds is 5. The highest BCUT2D eigenvalue weighted by Gasteiger charge is 2.48. The summed E-state index contributed by atoms with van der Waals surface area (Å²) in [5.41, 5.74) is 7.17. The van der Waals surface area contributed by atoms with Crippen molar-refractivity contribution >= 4 is 5.69 Å². The Labute approximate surface area is 118 Å². The van der Waals surface area contributed by atoms with E-state index >= 15 is 0 Å². The minimum absolute atomic E-state index is 0.144. The molecule has 1 heterocycles. The van der Waals surface area contributed by atoms with Crippen LogP contribution in [0.25, 0.3) is 0 Å². The lowest BCUT2D eigenvalue weighted by Crippen LogP contribution is -2.48. The lowest BCUT2D eigenvalue weighted by Gasteiger charge is -2.30. The number of nitro groups is 1. The zero-order chi connectivity index (χ0) is 14.2. The summed E-state index contributed by atoms with van der Waals surface area (Å²) < 4.78 is 5.80. The Bertz CT molecular complexity index is 516. The van der Waals surface area contributed by atoms with E-state index in [2.05, 4.69) is 0 Å². The van der Waals surface area contributed by atoms with Gasteiger partial charge in [-0.3, -0.25) is 10.1 Å². The van der Waals surface area contributed by atoms with E-state index in [-0.39, 0.29) is 22.3 Å². The van der Waals surface area contributed by atoms with E-state index in [0.717, 1.165) is 18.4 Å². The molecule has 2 fully saturated rings. The number of para-hydroxylation sites is 1. The molecule has 0 amide bonds. The number of hydrogen-bond donors (Lipinski definition) is 1. The third-order valence-electron chi connectivity index (χ3n) is 4.53. The van der Waals surface area contributed by atoms with Gasteiger partial charge in [-0.2, -0.15) is 0 Å². The summed E-state index contributed by atoms with van der Waals surface area (Å²) in [6.45, 7) is 0.717. The van der Waals surface area contributed by atoms with E-state index in [1.807, 2.05) is 12.1 Å². The van der Waals surface area contributed by atoms with Crippen LogP contribution in [0.1, 0.15) is 31.2 Å². The van der Waals surface area contributed by atoms with Crippen LogP contribution < -0.4 is 5.73 Å².